The van der Waals surface area contributed by atoms with Gasteiger partial charge in [-0.1, -0.05) is 37.3 Å². The number of nitrogens with zero attached hydrogens (tertiary/aromatic N) is 1. The molecule has 0 spiro atoms. The van der Waals surface area contributed by atoms with Gasteiger partial charge in [-0.3, -0.25) is 0 Å². The minimum atomic E-state index is -0.163. The Balaban J connectivity index is 2.10. The maximum absolute atomic E-state index is 13.6. The lowest BCUT2D eigenvalue weighted by Crippen LogP contribution is -2.17. The van der Waals surface area contributed by atoms with E-state index in [9.17, 15) is 4.39 Å². The molecule has 1 atom stereocenters. The van der Waals surface area contributed by atoms with Crippen LogP contribution in [0, 0.1) is 5.82 Å². The maximum atomic E-state index is 13.6. The minimum absolute atomic E-state index is 0.0842. The van der Waals surface area contributed by atoms with Crippen LogP contribution in [0.1, 0.15) is 30.5 Å². The topological polar surface area (TPSA) is 29.3 Å². The van der Waals surface area contributed by atoms with Crippen LogP contribution in [0.2, 0.25) is 0 Å². The molecule has 0 aromatic heterocycles. The summed E-state index contributed by atoms with van der Waals surface area (Å²) in [6.45, 7) is 2.62. The Labute approximate surface area is 120 Å². The Bertz CT molecular complexity index is 551. The smallest absolute Gasteiger partial charge is 0.128 e. The van der Waals surface area contributed by atoms with E-state index in [1.54, 1.807) is 6.07 Å². The highest BCUT2D eigenvalue weighted by molar-refractivity contribution is 5.48. The fourth-order valence-corrected chi connectivity index (χ4v) is 2.19. The molecule has 0 radical (unpaired) electrons. The Morgan fingerprint density at radius 1 is 1.10 bits per heavy atom. The van der Waals surface area contributed by atoms with E-state index in [4.69, 9.17) is 5.73 Å². The summed E-state index contributed by atoms with van der Waals surface area (Å²) in [4.78, 5) is 2.03. The minimum Gasteiger partial charge on any atom is -0.370 e. The first kappa shape index (κ1) is 14.5. The van der Waals surface area contributed by atoms with Gasteiger partial charge in [0.25, 0.3) is 0 Å². The monoisotopic (exact) mass is 272 g/mol. The molecule has 106 valence electrons. The van der Waals surface area contributed by atoms with Gasteiger partial charge in [-0.25, -0.2) is 4.39 Å². The van der Waals surface area contributed by atoms with Crippen molar-refractivity contribution in [3.05, 3.63) is 65.5 Å². The molecule has 1 unspecified atom stereocenters. The lowest BCUT2D eigenvalue weighted by molar-refractivity contribution is 0.608. The standard InChI is InChI=1S/C17H21FN2/c1-3-17(19)13-8-10-15(11-9-13)20(2)12-14-6-4-5-7-16(14)18/h4-11,17H,3,12,19H2,1-2H3. The van der Waals surface area contributed by atoms with E-state index in [0.717, 1.165) is 17.7 Å². The molecule has 2 N–H and O–H groups in total. The molecular formula is C17H21FN2. The number of hydrogen-bond acceptors (Lipinski definition) is 2. The van der Waals surface area contributed by atoms with Crippen LogP contribution < -0.4 is 10.6 Å². The second-order valence-electron chi connectivity index (χ2n) is 5.05. The third-order valence-electron chi connectivity index (χ3n) is 3.57. The van der Waals surface area contributed by atoms with Crippen molar-refractivity contribution < 1.29 is 4.39 Å². The summed E-state index contributed by atoms with van der Waals surface area (Å²) in [5.41, 5.74) is 8.89. The van der Waals surface area contributed by atoms with Gasteiger partial charge in [-0.15, -0.1) is 0 Å². The lowest BCUT2D eigenvalue weighted by atomic mass is 10.0. The molecule has 2 nitrogen and oxygen atoms in total. The van der Waals surface area contributed by atoms with Crippen LogP contribution in [0.15, 0.2) is 48.5 Å². The van der Waals surface area contributed by atoms with Crippen LogP contribution in [0.4, 0.5) is 10.1 Å². The number of anilines is 1. The van der Waals surface area contributed by atoms with Gasteiger partial charge in [0.15, 0.2) is 0 Å². The molecule has 0 aliphatic heterocycles. The summed E-state index contributed by atoms with van der Waals surface area (Å²) in [5, 5.41) is 0. The first-order chi connectivity index (χ1) is 9.61. The van der Waals surface area contributed by atoms with Crippen LogP contribution in [-0.2, 0) is 6.54 Å². The SMILES string of the molecule is CCC(N)c1ccc(N(C)Cc2ccccc2F)cc1. The second kappa shape index (κ2) is 6.53. The van der Waals surface area contributed by atoms with Gasteiger partial charge in [0.1, 0.15) is 5.82 Å². The fourth-order valence-electron chi connectivity index (χ4n) is 2.19. The van der Waals surface area contributed by atoms with Gasteiger partial charge >= 0.3 is 0 Å². The highest BCUT2D eigenvalue weighted by atomic mass is 19.1. The highest BCUT2D eigenvalue weighted by Gasteiger charge is 2.07. The molecule has 20 heavy (non-hydrogen) atoms. The van der Waals surface area contributed by atoms with Crippen molar-refractivity contribution in [3.63, 3.8) is 0 Å². The van der Waals surface area contributed by atoms with Gasteiger partial charge in [-0.2, -0.15) is 0 Å². The quantitative estimate of drug-likeness (QED) is 0.895. The Hall–Kier alpha value is -1.87. The second-order valence-corrected chi connectivity index (χ2v) is 5.05. The van der Waals surface area contributed by atoms with Crippen LogP contribution >= 0.6 is 0 Å². The van der Waals surface area contributed by atoms with Crippen molar-refractivity contribution in [1.82, 2.24) is 0 Å². The number of benzene rings is 2. The van der Waals surface area contributed by atoms with Crippen LogP contribution in [-0.4, -0.2) is 7.05 Å². The predicted octanol–water partition coefficient (Wildman–Crippen LogP) is 3.87. The molecule has 0 saturated carbocycles. The third-order valence-corrected chi connectivity index (χ3v) is 3.57. The molecule has 3 heteroatoms. The zero-order valence-corrected chi connectivity index (χ0v) is 12.0. The lowest BCUT2D eigenvalue weighted by Gasteiger charge is -2.20. The molecule has 0 amide bonds. The van der Waals surface area contributed by atoms with Crippen LogP contribution in [0.5, 0.6) is 0 Å². The molecule has 0 fully saturated rings. The largest absolute Gasteiger partial charge is 0.370 e. The van der Waals surface area contributed by atoms with E-state index < -0.39 is 0 Å². The molecule has 2 rings (SSSR count). The van der Waals surface area contributed by atoms with Crippen molar-refractivity contribution in [1.29, 1.82) is 0 Å². The third kappa shape index (κ3) is 3.36. The first-order valence-electron chi connectivity index (χ1n) is 6.92. The Kier molecular flexibility index (Phi) is 4.74. The van der Waals surface area contributed by atoms with E-state index in [1.165, 1.54) is 6.07 Å². The van der Waals surface area contributed by atoms with Crippen LogP contribution in [0.25, 0.3) is 0 Å². The average Bonchev–Trinajstić information content (AvgIpc) is 2.49. The summed E-state index contributed by atoms with van der Waals surface area (Å²) in [5.74, 6) is -0.163. The van der Waals surface area contributed by atoms with E-state index in [0.29, 0.717) is 12.1 Å². The molecule has 2 aromatic carbocycles. The average molecular weight is 272 g/mol. The van der Waals surface area contributed by atoms with Gasteiger partial charge in [0.2, 0.25) is 0 Å². The zero-order chi connectivity index (χ0) is 14.5. The summed E-state index contributed by atoms with van der Waals surface area (Å²) in [7, 11) is 1.96. The van der Waals surface area contributed by atoms with Gasteiger partial charge < -0.3 is 10.6 Å². The van der Waals surface area contributed by atoms with Gasteiger partial charge in [0, 0.05) is 30.9 Å². The maximum Gasteiger partial charge on any atom is 0.128 e. The highest BCUT2D eigenvalue weighted by Crippen LogP contribution is 2.21. The number of hydrogen-bond donors (Lipinski definition) is 1. The molecule has 0 heterocycles. The molecule has 0 bridgehead atoms. The Morgan fingerprint density at radius 2 is 1.75 bits per heavy atom. The zero-order valence-electron chi connectivity index (χ0n) is 12.0. The molecule has 0 aliphatic rings. The van der Waals surface area contributed by atoms with Crippen molar-refractivity contribution in [2.75, 3.05) is 11.9 Å². The van der Waals surface area contributed by atoms with Crippen LogP contribution in [0.3, 0.4) is 0 Å². The Morgan fingerprint density at radius 3 is 2.35 bits per heavy atom. The van der Waals surface area contributed by atoms with Crippen molar-refractivity contribution >= 4 is 5.69 Å². The number of halogens is 1. The van der Waals surface area contributed by atoms with Gasteiger partial charge in [-0.05, 0) is 30.2 Å². The summed E-state index contributed by atoms with van der Waals surface area (Å²) in [6, 6.07) is 15.1. The van der Waals surface area contributed by atoms with E-state index >= 15 is 0 Å². The summed E-state index contributed by atoms with van der Waals surface area (Å²) < 4.78 is 13.6. The normalized spacial score (nSPS) is 12.2. The summed E-state index contributed by atoms with van der Waals surface area (Å²) >= 11 is 0. The molecule has 2 aromatic rings. The van der Waals surface area contributed by atoms with Crippen molar-refractivity contribution in [3.8, 4) is 0 Å². The number of nitrogens with two attached hydrogens (primary N) is 1. The number of rotatable bonds is 5. The molecule has 0 aliphatic carbocycles. The summed E-state index contributed by atoms with van der Waals surface area (Å²) in [6.07, 6.45) is 0.921. The first-order valence-corrected chi connectivity index (χ1v) is 6.92. The van der Waals surface area contributed by atoms with Gasteiger partial charge in [0.05, 0.1) is 0 Å². The predicted molar refractivity (Wildman–Crippen MR) is 82.2 cm³/mol. The molecule has 0 saturated heterocycles. The van der Waals surface area contributed by atoms with Crippen molar-refractivity contribution in [2.45, 2.75) is 25.9 Å². The van der Waals surface area contributed by atoms with Crippen molar-refractivity contribution in [2.24, 2.45) is 5.73 Å². The van der Waals surface area contributed by atoms with E-state index in [1.807, 2.05) is 48.3 Å². The fraction of sp³-hybridized carbons (Fsp3) is 0.294. The molecular weight excluding hydrogens is 251 g/mol. The van der Waals surface area contributed by atoms with E-state index in [-0.39, 0.29) is 11.9 Å². The van der Waals surface area contributed by atoms with E-state index in [2.05, 4.69) is 6.92 Å².